The molecule has 1 amide bonds. The van der Waals surface area contributed by atoms with E-state index in [9.17, 15) is 4.79 Å². The molecule has 0 rings (SSSR count). The first-order valence-electron chi connectivity index (χ1n) is 3.35. The third-order valence-electron chi connectivity index (χ3n) is 1.04. The molecule has 0 radical (unpaired) electrons. The van der Waals surface area contributed by atoms with Crippen molar-refractivity contribution in [2.75, 3.05) is 5.88 Å². The number of primary amides is 1. The van der Waals surface area contributed by atoms with E-state index >= 15 is 0 Å². The quantitative estimate of drug-likeness (QED) is 0.472. The van der Waals surface area contributed by atoms with Crippen LogP contribution in [0.25, 0.3) is 0 Å². The van der Waals surface area contributed by atoms with Gasteiger partial charge in [0, 0.05) is 5.88 Å². The van der Waals surface area contributed by atoms with Crippen molar-refractivity contribution in [3.8, 4) is 0 Å². The molecule has 3 N–H and O–H groups in total. The zero-order valence-corrected chi connectivity index (χ0v) is 6.92. The molecule has 0 spiro atoms. The number of amides is 1. The smallest absolute Gasteiger partial charge is 0.220 e. The lowest BCUT2D eigenvalue weighted by atomic mass is 10.2. The highest BCUT2D eigenvalue weighted by atomic mass is 35.5. The Kier molecular flexibility index (Phi) is 5.88. The van der Waals surface area contributed by atoms with Crippen molar-refractivity contribution in [3.63, 3.8) is 0 Å². The summed E-state index contributed by atoms with van der Waals surface area (Å²) in [6.07, 6.45) is 3.14. The number of carbonyl (C=O) groups excluding carboxylic acids is 1. The molecular weight excluding hydrogens is 166 g/mol. The Morgan fingerprint density at radius 1 is 1.73 bits per heavy atom. The molecule has 0 bridgehead atoms. The second kappa shape index (κ2) is 6.19. The van der Waals surface area contributed by atoms with E-state index in [4.69, 9.17) is 22.4 Å². The molecule has 0 aromatic rings. The summed E-state index contributed by atoms with van der Waals surface area (Å²) in [7, 11) is 0. The van der Waals surface area contributed by atoms with Crippen LogP contribution in [0.15, 0.2) is 12.2 Å². The predicted octanol–water partition coefficient (Wildman–Crippen LogP) is 0.408. The number of hydrogen-bond acceptors (Lipinski definition) is 2. The van der Waals surface area contributed by atoms with Crippen LogP contribution in [0.4, 0.5) is 0 Å². The average molecular weight is 178 g/mol. The zero-order valence-electron chi connectivity index (χ0n) is 6.16. The van der Waals surface area contributed by atoms with Crippen molar-refractivity contribution in [2.45, 2.75) is 18.9 Å². The molecule has 0 saturated carbocycles. The molecule has 3 nitrogen and oxygen atoms in total. The molecule has 0 aliphatic heterocycles. The van der Waals surface area contributed by atoms with Gasteiger partial charge in [0.2, 0.25) is 5.91 Å². The minimum absolute atomic E-state index is 0.0290. The van der Waals surface area contributed by atoms with E-state index in [2.05, 4.69) is 0 Å². The van der Waals surface area contributed by atoms with Gasteiger partial charge in [-0.15, -0.1) is 11.6 Å². The number of halogens is 1. The zero-order chi connectivity index (χ0) is 8.69. The number of aliphatic hydroxyl groups is 1. The molecule has 1 unspecified atom stereocenters. The number of allylic oxidation sites excluding steroid dienone is 1. The summed E-state index contributed by atoms with van der Waals surface area (Å²) in [5.74, 6) is 0.00722. The fraction of sp³-hybridized carbons (Fsp3) is 0.571. The van der Waals surface area contributed by atoms with E-state index in [1.165, 1.54) is 6.08 Å². The minimum Gasteiger partial charge on any atom is -0.389 e. The van der Waals surface area contributed by atoms with E-state index in [1.807, 2.05) is 0 Å². The first-order valence-corrected chi connectivity index (χ1v) is 3.89. The maximum absolute atomic E-state index is 10.2. The molecule has 0 saturated heterocycles. The molecule has 0 aromatic heterocycles. The molecule has 0 aromatic carbocycles. The predicted molar refractivity (Wildman–Crippen MR) is 44.3 cm³/mol. The van der Waals surface area contributed by atoms with Crippen LogP contribution < -0.4 is 5.73 Å². The Morgan fingerprint density at radius 2 is 2.36 bits per heavy atom. The second-order valence-corrected chi connectivity index (χ2v) is 2.52. The summed E-state index contributed by atoms with van der Waals surface area (Å²) in [6, 6.07) is 0. The SMILES string of the molecule is NC(=O)CC(O)C=CCCCl. The molecule has 0 aliphatic rings. The summed E-state index contributed by atoms with van der Waals surface area (Å²) in [5.41, 5.74) is 4.84. The summed E-state index contributed by atoms with van der Waals surface area (Å²) < 4.78 is 0. The molecule has 0 aliphatic carbocycles. The number of aliphatic hydroxyl groups excluding tert-OH is 1. The van der Waals surface area contributed by atoms with Crippen molar-refractivity contribution in [1.29, 1.82) is 0 Å². The van der Waals surface area contributed by atoms with Gasteiger partial charge < -0.3 is 10.8 Å². The van der Waals surface area contributed by atoms with Gasteiger partial charge in [0.15, 0.2) is 0 Å². The Labute approximate surface area is 70.8 Å². The van der Waals surface area contributed by atoms with Crippen molar-refractivity contribution in [1.82, 2.24) is 0 Å². The Bertz CT molecular complexity index is 147. The Morgan fingerprint density at radius 3 is 2.82 bits per heavy atom. The monoisotopic (exact) mass is 177 g/mol. The molecule has 0 fully saturated rings. The molecule has 0 heterocycles. The minimum atomic E-state index is -0.768. The fourth-order valence-corrected chi connectivity index (χ4v) is 0.716. The van der Waals surface area contributed by atoms with Gasteiger partial charge in [-0.05, 0) is 6.42 Å². The summed E-state index contributed by atoms with van der Waals surface area (Å²) in [6.45, 7) is 0. The van der Waals surface area contributed by atoms with E-state index < -0.39 is 12.0 Å². The van der Waals surface area contributed by atoms with Crippen LogP contribution in [0.2, 0.25) is 0 Å². The van der Waals surface area contributed by atoms with Gasteiger partial charge in [-0.1, -0.05) is 12.2 Å². The van der Waals surface area contributed by atoms with E-state index in [0.717, 1.165) is 0 Å². The van der Waals surface area contributed by atoms with Gasteiger partial charge in [0.25, 0.3) is 0 Å². The molecule has 1 atom stereocenters. The van der Waals surface area contributed by atoms with Gasteiger partial charge in [0.1, 0.15) is 0 Å². The molecule has 64 valence electrons. The summed E-state index contributed by atoms with van der Waals surface area (Å²) in [4.78, 5) is 10.2. The van der Waals surface area contributed by atoms with Crippen LogP contribution in [0.3, 0.4) is 0 Å². The van der Waals surface area contributed by atoms with Gasteiger partial charge in [-0.25, -0.2) is 0 Å². The van der Waals surface area contributed by atoms with Gasteiger partial charge in [0.05, 0.1) is 12.5 Å². The summed E-state index contributed by atoms with van der Waals surface area (Å²) >= 11 is 5.37. The lowest BCUT2D eigenvalue weighted by Gasteiger charge is -1.99. The number of nitrogens with two attached hydrogens (primary N) is 1. The first-order chi connectivity index (χ1) is 5.16. The van der Waals surface area contributed by atoms with Gasteiger partial charge in [-0.3, -0.25) is 4.79 Å². The van der Waals surface area contributed by atoms with E-state index in [-0.39, 0.29) is 6.42 Å². The lowest BCUT2D eigenvalue weighted by molar-refractivity contribution is -0.119. The highest BCUT2D eigenvalue weighted by Gasteiger charge is 2.01. The van der Waals surface area contributed by atoms with Gasteiger partial charge in [-0.2, -0.15) is 0 Å². The number of carbonyl (C=O) groups is 1. The Balaban J connectivity index is 3.50. The maximum Gasteiger partial charge on any atom is 0.220 e. The molecule has 11 heavy (non-hydrogen) atoms. The van der Waals surface area contributed by atoms with Gasteiger partial charge >= 0.3 is 0 Å². The normalized spacial score (nSPS) is 13.6. The number of rotatable bonds is 5. The standard InChI is InChI=1S/C7H12ClNO2/c8-4-2-1-3-6(10)5-7(9)11/h1,3,6,10H,2,4-5H2,(H2,9,11). The van der Waals surface area contributed by atoms with E-state index in [0.29, 0.717) is 12.3 Å². The number of alkyl halides is 1. The van der Waals surface area contributed by atoms with E-state index in [1.54, 1.807) is 6.08 Å². The fourth-order valence-electron chi connectivity index (χ4n) is 0.590. The Hall–Kier alpha value is -0.540. The van der Waals surface area contributed by atoms with Crippen molar-refractivity contribution in [3.05, 3.63) is 12.2 Å². The lowest BCUT2D eigenvalue weighted by Crippen LogP contribution is -2.18. The van der Waals surface area contributed by atoms with Crippen LogP contribution in [0, 0.1) is 0 Å². The first kappa shape index (κ1) is 10.5. The third kappa shape index (κ3) is 7.36. The largest absolute Gasteiger partial charge is 0.389 e. The second-order valence-electron chi connectivity index (χ2n) is 2.14. The van der Waals surface area contributed by atoms with Crippen LogP contribution in [-0.2, 0) is 4.79 Å². The van der Waals surface area contributed by atoms with Crippen molar-refractivity contribution >= 4 is 17.5 Å². The number of hydrogen-bond donors (Lipinski definition) is 2. The van der Waals surface area contributed by atoms with Crippen LogP contribution in [-0.4, -0.2) is 23.0 Å². The molecule has 4 heteroatoms. The van der Waals surface area contributed by atoms with Crippen LogP contribution >= 0.6 is 11.6 Å². The van der Waals surface area contributed by atoms with Crippen molar-refractivity contribution in [2.24, 2.45) is 5.73 Å². The average Bonchev–Trinajstić information content (AvgIpc) is 1.86. The highest BCUT2D eigenvalue weighted by molar-refractivity contribution is 6.17. The van der Waals surface area contributed by atoms with Crippen LogP contribution in [0.5, 0.6) is 0 Å². The van der Waals surface area contributed by atoms with Crippen LogP contribution in [0.1, 0.15) is 12.8 Å². The third-order valence-corrected chi connectivity index (χ3v) is 1.26. The summed E-state index contributed by atoms with van der Waals surface area (Å²) in [5, 5.41) is 9.02. The van der Waals surface area contributed by atoms with Crippen molar-refractivity contribution < 1.29 is 9.90 Å². The molecular formula is C7H12ClNO2. The topological polar surface area (TPSA) is 63.3 Å². The highest BCUT2D eigenvalue weighted by Crippen LogP contribution is 1.94. The maximum atomic E-state index is 10.2.